The van der Waals surface area contributed by atoms with Crippen LogP contribution in [-0.2, 0) is 4.79 Å². The highest BCUT2D eigenvalue weighted by Gasteiger charge is 2.29. The lowest BCUT2D eigenvalue weighted by Crippen LogP contribution is -2.22. The highest BCUT2D eigenvalue weighted by Crippen LogP contribution is 2.42. The Morgan fingerprint density at radius 1 is 1.53 bits per heavy atom. The molecular weight excluding hydrogens is 184 g/mol. The molecule has 0 fully saturated rings. The monoisotopic (exact) mass is 206 g/mol. The first-order valence-electron chi connectivity index (χ1n) is 5.79. The van der Waals surface area contributed by atoms with Crippen LogP contribution in [0.4, 0.5) is 0 Å². The van der Waals surface area contributed by atoms with Crippen molar-refractivity contribution in [3.8, 4) is 0 Å². The zero-order valence-electron chi connectivity index (χ0n) is 10.2. The van der Waals surface area contributed by atoms with E-state index in [1.807, 2.05) is 6.08 Å². The number of carbonyl (C=O) groups excluding carboxylic acids is 1. The summed E-state index contributed by atoms with van der Waals surface area (Å²) in [7, 11) is 0. The van der Waals surface area contributed by atoms with Crippen LogP contribution >= 0.6 is 0 Å². The highest BCUT2D eigenvalue weighted by atomic mass is 16.1. The molecule has 0 saturated heterocycles. The Kier molecular flexibility index (Phi) is 3.90. The van der Waals surface area contributed by atoms with Gasteiger partial charge in [-0.3, -0.25) is 4.79 Å². The van der Waals surface area contributed by atoms with Crippen molar-refractivity contribution in [2.24, 2.45) is 5.41 Å². The summed E-state index contributed by atoms with van der Waals surface area (Å²) < 4.78 is 0. The lowest BCUT2D eigenvalue weighted by Gasteiger charge is -2.35. The minimum atomic E-state index is 0.211. The Labute approximate surface area is 93.3 Å². The smallest absolute Gasteiger partial charge is 0.133 e. The zero-order chi connectivity index (χ0) is 11.5. The SMILES string of the molecule is C=CCC1=C(CC(C)=O)C(C)(C)CCC1. The molecule has 0 saturated carbocycles. The van der Waals surface area contributed by atoms with Crippen molar-refractivity contribution in [2.45, 2.75) is 52.9 Å². The van der Waals surface area contributed by atoms with Gasteiger partial charge in [0.2, 0.25) is 0 Å². The third-order valence-electron chi connectivity index (χ3n) is 3.34. The first kappa shape index (κ1) is 12.2. The molecule has 0 aliphatic heterocycles. The van der Waals surface area contributed by atoms with Crippen LogP contribution in [0.2, 0.25) is 0 Å². The van der Waals surface area contributed by atoms with Crippen LogP contribution in [0.15, 0.2) is 23.8 Å². The predicted molar refractivity (Wildman–Crippen MR) is 64.8 cm³/mol. The molecule has 0 unspecified atom stereocenters. The molecule has 0 radical (unpaired) electrons. The maximum absolute atomic E-state index is 11.3. The Balaban J connectivity index is 3.01. The molecule has 0 spiro atoms. The number of rotatable bonds is 4. The summed E-state index contributed by atoms with van der Waals surface area (Å²) in [5, 5.41) is 0. The second-order valence-corrected chi connectivity index (χ2v) is 5.19. The van der Waals surface area contributed by atoms with Crippen molar-refractivity contribution in [2.75, 3.05) is 0 Å². The van der Waals surface area contributed by atoms with Gasteiger partial charge in [0.1, 0.15) is 5.78 Å². The molecule has 0 atom stereocenters. The quantitative estimate of drug-likeness (QED) is 0.634. The molecule has 1 heteroatoms. The van der Waals surface area contributed by atoms with E-state index in [-0.39, 0.29) is 11.2 Å². The normalized spacial score (nSPS) is 20.2. The zero-order valence-corrected chi connectivity index (χ0v) is 10.2. The lowest BCUT2D eigenvalue weighted by molar-refractivity contribution is -0.116. The van der Waals surface area contributed by atoms with Gasteiger partial charge < -0.3 is 0 Å². The number of ketones is 1. The van der Waals surface area contributed by atoms with Gasteiger partial charge in [0, 0.05) is 6.42 Å². The van der Waals surface area contributed by atoms with E-state index in [1.54, 1.807) is 6.92 Å². The molecule has 84 valence electrons. The van der Waals surface area contributed by atoms with Gasteiger partial charge in [-0.25, -0.2) is 0 Å². The molecular formula is C14H22O. The van der Waals surface area contributed by atoms with E-state index >= 15 is 0 Å². The molecule has 1 aliphatic rings. The Hall–Kier alpha value is -0.850. The number of Topliss-reactive ketones (excluding diaryl/α,β-unsaturated/α-hetero) is 1. The number of hydrogen-bond donors (Lipinski definition) is 0. The fourth-order valence-electron chi connectivity index (χ4n) is 2.54. The topological polar surface area (TPSA) is 17.1 Å². The minimum absolute atomic E-state index is 0.211. The fraction of sp³-hybridized carbons (Fsp3) is 0.643. The largest absolute Gasteiger partial charge is 0.300 e. The van der Waals surface area contributed by atoms with Gasteiger partial charge in [0.05, 0.1) is 0 Å². The van der Waals surface area contributed by atoms with Crippen molar-refractivity contribution in [1.82, 2.24) is 0 Å². The second-order valence-electron chi connectivity index (χ2n) is 5.19. The van der Waals surface area contributed by atoms with Crippen LogP contribution in [0.25, 0.3) is 0 Å². The molecule has 0 aromatic carbocycles. The van der Waals surface area contributed by atoms with Crippen LogP contribution in [0.1, 0.15) is 52.9 Å². The molecule has 1 rings (SSSR count). The van der Waals surface area contributed by atoms with Crippen molar-refractivity contribution in [1.29, 1.82) is 0 Å². The number of carbonyl (C=O) groups is 1. The molecule has 0 amide bonds. The van der Waals surface area contributed by atoms with Crippen molar-refractivity contribution in [3.05, 3.63) is 23.8 Å². The Morgan fingerprint density at radius 3 is 2.73 bits per heavy atom. The summed E-state index contributed by atoms with van der Waals surface area (Å²) in [6, 6.07) is 0. The summed E-state index contributed by atoms with van der Waals surface area (Å²) >= 11 is 0. The lowest BCUT2D eigenvalue weighted by atomic mass is 9.70. The minimum Gasteiger partial charge on any atom is -0.300 e. The first-order valence-corrected chi connectivity index (χ1v) is 5.79. The van der Waals surface area contributed by atoms with E-state index in [2.05, 4.69) is 20.4 Å². The van der Waals surface area contributed by atoms with Crippen LogP contribution in [0.3, 0.4) is 0 Å². The molecule has 1 nitrogen and oxygen atoms in total. The van der Waals surface area contributed by atoms with Gasteiger partial charge in [-0.05, 0) is 38.0 Å². The van der Waals surface area contributed by atoms with E-state index in [0.717, 1.165) is 12.8 Å². The number of hydrogen-bond acceptors (Lipinski definition) is 1. The van der Waals surface area contributed by atoms with Gasteiger partial charge in [-0.15, -0.1) is 6.58 Å². The molecule has 0 aromatic rings. The van der Waals surface area contributed by atoms with E-state index in [1.165, 1.54) is 24.0 Å². The van der Waals surface area contributed by atoms with E-state index in [9.17, 15) is 4.79 Å². The van der Waals surface area contributed by atoms with Gasteiger partial charge in [-0.1, -0.05) is 31.1 Å². The third-order valence-corrected chi connectivity index (χ3v) is 3.34. The fourth-order valence-corrected chi connectivity index (χ4v) is 2.54. The Morgan fingerprint density at radius 2 is 2.20 bits per heavy atom. The summed E-state index contributed by atoms with van der Waals surface area (Å²) in [6.45, 7) is 10.00. The Bertz CT molecular complexity index is 294. The first-order chi connectivity index (χ1) is 6.97. The molecule has 0 heterocycles. The highest BCUT2D eigenvalue weighted by molar-refractivity contribution is 5.78. The van der Waals surface area contributed by atoms with Crippen molar-refractivity contribution < 1.29 is 4.79 Å². The molecule has 15 heavy (non-hydrogen) atoms. The average Bonchev–Trinajstić information content (AvgIpc) is 2.10. The summed E-state index contributed by atoms with van der Waals surface area (Å²) in [5.74, 6) is 0.279. The predicted octanol–water partition coefficient (Wildman–Crippen LogP) is 4.05. The number of allylic oxidation sites excluding steroid dienone is 3. The van der Waals surface area contributed by atoms with Crippen LogP contribution in [0.5, 0.6) is 0 Å². The van der Waals surface area contributed by atoms with E-state index in [4.69, 9.17) is 0 Å². The van der Waals surface area contributed by atoms with Gasteiger partial charge in [-0.2, -0.15) is 0 Å². The van der Waals surface area contributed by atoms with Crippen LogP contribution in [-0.4, -0.2) is 5.78 Å². The summed E-state index contributed by atoms with van der Waals surface area (Å²) in [5.41, 5.74) is 3.04. The van der Waals surface area contributed by atoms with Gasteiger partial charge in [0.25, 0.3) is 0 Å². The maximum Gasteiger partial charge on any atom is 0.133 e. The standard InChI is InChI=1S/C14H22O/c1-5-7-12-8-6-9-14(3,4)13(12)10-11(2)15/h5H,1,6-10H2,2-4H3. The molecule has 0 N–H and O–H groups in total. The second kappa shape index (κ2) is 4.78. The van der Waals surface area contributed by atoms with Gasteiger partial charge >= 0.3 is 0 Å². The van der Waals surface area contributed by atoms with E-state index in [0.29, 0.717) is 6.42 Å². The van der Waals surface area contributed by atoms with Crippen LogP contribution < -0.4 is 0 Å². The average molecular weight is 206 g/mol. The summed E-state index contributed by atoms with van der Waals surface area (Å²) in [4.78, 5) is 11.3. The van der Waals surface area contributed by atoms with Gasteiger partial charge in [0.15, 0.2) is 0 Å². The molecule has 1 aliphatic carbocycles. The van der Waals surface area contributed by atoms with E-state index < -0.39 is 0 Å². The molecule has 0 aromatic heterocycles. The van der Waals surface area contributed by atoms with Crippen LogP contribution in [0, 0.1) is 5.41 Å². The maximum atomic E-state index is 11.3. The molecule has 0 bridgehead atoms. The third kappa shape index (κ3) is 3.05. The van der Waals surface area contributed by atoms with Crippen molar-refractivity contribution >= 4 is 5.78 Å². The summed E-state index contributed by atoms with van der Waals surface area (Å²) in [6.07, 6.45) is 7.14. The van der Waals surface area contributed by atoms with Crippen molar-refractivity contribution in [3.63, 3.8) is 0 Å².